The van der Waals surface area contributed by atoms with E-state index in [0.717, 1.165) is 39.8 Å². The maximum absolute atomic E-state index is 10.7. The molecule has 10 heteroatoms. The third-order valence-electron chi connectivity index (χ3n) is 5.67. The van der Waals surface area contributed by atoms with Crippen molar-refractivity contribution in [2.24, 2.45) is 0 Å². The molecular formula is C28H22N8O2. The Morgan fingerprint density at radius 3 is 1.45 bits per heavy atom. The Labute approximate surface area is 217 Å². The number of nitro groups is 1. The van der Waals surface area contributed by atoms with Crippen LogP contribution in [0.2, 0.25) is 0 Å². The number of imidazole rings is 2. The second-order valence-electron chi connectivity index (χ2n) is 8.08. The van der Waals surface area contributed by atoms with E-state index in [1.54, 1.807) is 49.3 Å². The summed E-state index contributed by atoms with van der Waals surface area (Å²) >= 11 is 0. The maximum Gasteiger partial charge on any atom is 0.269 e. The van der Waals surface area contributed by atoms with Gasteiger partial charge in [0.05, 0.1) is 4.92 Å². The molecule has 186 valence electrons. The van der Waals surface area contributed by atoms with Crippen LogP contribution in [0.4, 0.5) is 11.4 Å². The van der Waals surface area contributed by atoms with Crippen LogP contribution in [0.15, 0.2) is 122 Å². The van der Waals surface area contributed by atoms with Gasteiger partial charge in [-0.25, -0.2) is 9.97 Å². The smallest absolute Gasteiger partial charge is 0.269 e. The molecule has 0 atom stereocenters. The van der Waals surface area contributed by atoms with Crippen molar-refractivity contribution in [2.75, 3.05) is 5.73 Å². The minimum atomic E-state index is -0.415. The molecule has 2 aromatic carbocycles. The molecule has 0 spiro atoms. The zero-order valence-electron chi connectivity index (χ0n) is 20.1. The minimum Gasteiger partial charge on any atom is -0.399 e. The molecule has 0 bridgehead atoms. The lowest BCUT2D eigenvalue weighted by atomic mass is 10.2. The van der Waals surface area contributed by atoms with Gasteiger partial charge in [-0.1, -0.05) is 0 Å². The van der Waals surface area contributed by atoms with Crippen molar-refractivity contribution in [3.63, 3.8) is 0 Å². The first kappa shape index (κ1) is 24.1. The molecule has 0 amide bonds. The van der Waals surface area contributed by atoms with Gasteiger partial charge in [0.15, 0.2) is 0 Å². The summed E-state index contributed by atoms with van der Waals surface area (Å²) in [6.45, 7) is 0. The summed E-state index contributed by atoms with van der Waals surface area (Å²) in [5.74, 6) is 1.66. The predicted molar refractivity (Wildman–Crippen MR) is 145 cm³/mol. The molecule has 0 radical (unpaired) electrons. The van der Waals surface area contributed by atoms with E-state index in [4.69, 9.17) is 5.73 Å². The second-order valence-corrected chi connectivity index (χ2v) is 8.08. The fourth-order valence-electron chi connectivity index (χ4n) is 3.82. The number of pyridine rings is 2. The first-order valence-corrected chi connectivity index (χ1v) is 11.6. The molecule has 0 saturated carbocycles. The monoisotopic (exact) mass is 502 g/mol. The first-order valence-electron chi connectivity index (χ1n) is 11.6. The highest BCUT2D eigenvalue weighted by Gasteiger charge is 2.10. The molecule has 38 heavy (non-hydrogen) atoms. The number of nitrogen functional groups attached to an aromatic ring is 1. The summed E-state index contributed by atoms with van der Waals surface area (Å²) in [6, 6.07) is 21.7. The molecule has 6 aromatic rings. The van der Waals surface area contributed by atoms with E-state index in [0.29, 0.717) is 0 Å². The Morgan fingerprint density at radius 2 is 1.03 bits per heavy atom. The van der Waals surface area contributed by atoms with Crippen molar-refractivity contribution in [3.8, 4) is 34.2 Å². The second kappa shape index (κ2) is 11.0. The molecular weight excluding hydrogens is 480 g/mol. The van der Waals surface area contributed by atoms with E-state index in [-0.39, 0.29) is 5.69 Å². The number of nitrogens with zero attached hydrogens (tertiary/aromatic N) is 7. The fourth-order valence-corrected chi connectivity index (χ4v) is 3.82. The van der Waals surface area contributed by atoms with Gasteiger partial charge in [-0.15, -0.1) is 0 Å². The van der Waals surface area contributed by atoms with Gasteiger partial charge < -0.3 is 5.73 Å². The van der Waals surface area contributed by atoms with Gasteiger partial charge in [0.1, 0.15) is 11.6 Å². The van der Waals surface area contributed by atoms with E-state index >= 15 is 0 Å². The van der Waals surface area contributed by atoms with Crippen LogP contribution < -0.4 is 5.73 Å². The SMILES string of the molecule is Nc1ccc(-n2ccnc2-c2ccncc2)cc1.O=[N+]([O-])c1ccc(-n2ccnc2-c2ccncc2)cc1. The Kier molecular flexibility index (Phi) is 6.94. The van der Waals surface area contributed by atoms with Crippen molar-refractivity contribution in [3.05, 3.63) is 132 Å². The predicted octanol–water partition coefficient (Wildman–Crippen LogP) is 5.36. The van der Waals surface area contributed by atoms with Gasteiger partial charge in [0.2, 0.25) is 0 Å². The Bertz CT molecular complexity index is 1630. The van der Waals surface area contributed by atoms with Crippen LogP contribution in [-0.4, -0.2) is 34.0 Å². The molecule has 0 aliphatic heterocycles. The van der Waals surface area contributed by atoms with Crippen LogP contribution in [0.1, 0.15) is 0 Å². The highest BCUT2D eigenvalue weighted by Crippen LogP contribution is 2.23. The first-order chi connectivity index (χ1) is 18.6. The Morgan fingerprint density at radius 1 is 0.605 bits per heavy atom. The zero-order chi connectivity index (χ0) is 26.3. The van der Waals surface area contributed by atoms with E-state index in [1.807, 2.05) is 70.1 Å². The molecule has 0 aliphatic rings. The number of hydrogen-bond acceptors (Lipinski definition) is 7. The van der Waals surface area contributed by atoms with E-state index in [9.17, 15) is 10.1 Å². The standard InChI is InChI=1S/C14H10N4O2.C14H12N4/c19-18(20)13-3-1-12(2-4-13)17-10-9-16-14(17)11-5-7-15-8-6-11;15-12-1-3-13(4-2-12)18-10-9-17-14(18)11-5-7-16-8-6-11/h1-10H;1-10H,15H2. The molecule has 6 rings (SSSR count). The highest BCUT2D eigenvalue weighted by molar-refractivity contribution is 5.59. The van der Waals surface area contributed by atoms with E-state index in [1.165, 1.54) is 12.1 Å². The lowest BCUT2D eigenvalue weighted by Gasteiger charge is -2.07. The topological polar surface area (TPSA) is 131 Å². The average Bonchev–Trinajstić information content (AvgIpc) is 3.66. The minimum absolute atomic E-state index is 0.0688. The molecule has 0 aliphatic carbocycles. The summed E-state index contributed by atoms with van der Waals surface area (Å²) in [7, 11) is 0. The number of non-ortho nitro benzene ring substituents is 1. The summed E-state index contributed by atoms with van der Waals surface area (Å²) in [4.78, 5) is 27.0. The third kappa shape index (κ3) is 5.29. The molecule has 0 fully saturated rings. The molecule has 0 unspecified atom stereocenters. The van der Waals surface area contributed by atoms with Gasteiger partial charge in [-0.3, -0.25) is 29.2 Å². The van der Waals surface area contributed by atoms with Crippen LogP contribution in [0.5, 0.6) is 0 Å². The average molecular weight is 503 g/mol. The van der Waals surface area contributed by atoms with Gasteiger partial charge >= 0.3 is 0 Å². The van der Waals surface area contributed by atoms with E-state index < -0.39 is 4.92 Å². The molecule has 10 nitrogen and oxygen atoms in total. The van der Waals surface area contributed by atoms with E-state index in [2.05, 4.69) is 19.9 Å². The van der Waals surface area contributed by atoms with Crippen LogP contribution in [-0.2, 0) is 0 Å². The lowest BCUT2D eigenvalue weighted by molar-refractivity contribution is -0.384. The van der Waals surface area contributed by atoms with Crippen LogP contribution >= 0.6 is 0 Å². The van der Waals surface area contributed by atoms with Gasteiger partial charge in [-0.2, -0.15) is 0 Å². The van der Waals surface area contributed by atoms with Crippen molar-refractivity contribution >= 4 is 11.4 Å². The molecule has 4 aromatic heterocycles. The molecule has 4 heterocycles. The summed E-state index contributed by atoms with van der Waals surface area (Å²) in [5, 5.41) is 10.7. The van der Waals surface area contributed by atoms with Gasteiger partial charge in [0.25, 0.3) is 5.69 Å². The van der Waals surface area contributed by atoms with Crippen LogP contribution in [0.25, 0.3) is 34.2 Å². The summed E-state index contributed by atoms with van der Waals surface area (Å²) in [5.41, 5.74) is 10.3. The van der Waals surface area contributed by atoms with Gasteiger partial charge in [0, 0.05) is 89.9 Å². The normalized spacial score (nSPS) is 10.4. The number of benzene rings is 2. The van der Waals surface area contributed by atoms with Crippen molar-refractivity contribution < 1.29 is 4.92 Å². The van der Waals surface area contributed by atoms with Crippen molar-refractivity contribution in [1.29, 1.82) is 0 Å². The zero-order valence-corrected chi connectivity index (χ0v) is 20.1. The summed E-state index contributed by atoms with van der Waals surface area (Å²) in [6.07, 6.45) is 14.1. The maximum atomic E-state index is 10.7. The quantitative estimate of drug-likeness (QED) is 0.191. The lowest BCUT2D eigenvalue weighted by Crippen LogP contribution is -1.97. The third-order valence-corrected chi connectivity index (χ3v) is 5.67. The highest BCUT2D eigenvalue weighted by atomic mass is 16.6. The number of anilines is 1. The fraction of sp³-hybridized carbons (Fsp3) is 0. The number of rotatable bonds is 5. The molecule has 0 saturated heterocycles. The summed E-state index contributed by atoms with van der Waals surface area (Å²) < 4.78 is 3.90. The van der Waals surface area contributed by atoms with Crippen LogP contribution in [0.3, 0.4) is 0 Å². The largest absolute Gasteiger partial charge is 0.399 e. The number of hydrogen-bond donors (Lipinski definition) is 1. The number of nitro benzene ring substituents is 1. The van der Waals surface area contributed by atoms with Crippen molar-refractivity contribution in [1.82, 2.24) is 29.1 Å². The number of aromatic nitrogens is 6. The Balaban J connectivity index is 0.000000156. The number of nitrogens with two attached hydrogens (primary N) is 1. The van der Waals surface area contributed by atoms with Gasteiger partial charge in [-0.05, 0) is 60.7 Å². The van der Waals surface area contributed by atoms with Crippen LogP contribution in [0, 0.1) is 10.1 Å². The Hall–Kier alpha value is -5.64. The molecule has 2 N–H and O–H groups in total. The van der Waals surface area contributed by atoms with Crippen molar-refractivity contribution in [2.45, 2.75) is 0 Å².